The monoisotopic (exact) mass is 233 g/mol. The van der Waals surface area contributed by atoms with Crippen molar-refractivity contribution >= 4 is 12.2 Å². The minimum atomic E-state index is 0.0580. The number of hydrogen-bond donors (Lipinski definition) is 0. The fraction of sp³-hybridized carbons (Fsp3) is 0.385. The Morgan fingerprint density at radius 1 is 1.29 bits per heavy atom. The molecule has 0 aromatic heterocycles. The number of carbonyl (C=O) groups excluding carboxylic acids is 2. The Labute approximate surface area is 100 Å². The van der Waals surface area contributed by atoms with E-state index in [2.05, 4.69) is 0 Å². The second-order valence-corrected chi connectivity index (χ2v) is 3.99. The largest absolute Gasteiger partial charge is 0.378 e. The number of benzene rings is 1. The predicted octanol–water partition coefficient (Wildman–Crippen LogP) is 0.900. The normalized spacial score (nSPS) is 15.6. The molecule has 1 aromatic rings. The van der Waals surface area contributed by atoms with Crippen molar-refractivity contribution in [2.24, 2.45) is 0 Å². The van der Waals surface area contributed by atoms with Crippen LogP contribution in [0.1, 0.15) is 15.9 Å². The van der Waals surface area contributed by atoms with E-state index >= 15 is 0 Å². The molecule has 4 heteroatoms. The molecule has 0 bridgehead atoms. The van der Waals surface area contributed by atoms with Gasteiger partial charge in [-0.1, -0.05) is 24.3 Å². The number of rotatable bonds is 3. The summed E-state index contributed by atoms with van der Waals surface area (Å²) < 4.78 is 5.19. The van der Waals surface area contributed by atoms with E-state index in [9.17, 15) is 9.59 Å². The summed E-state index contributed by atoms with van der Waals surface area (Å²) in [5.41, 5.74) is 1.38. The van der Waals surface area contributed by atoms with Gasteiger partial charge in [-0.3, -0.25) is 9.59 Å². The van der Waals surface area contributed by atoms with E-state index in [1.807, 2.05) is 12.1 Å². The summed E-state index contributed by atoms with van der Waals surface area (Å²) in [6.07, 6.45) is 1.08. The highest BCUT2D eigenvalue weighted by Gasteiger charge is 2.17. The summed E-state index contributed by atoms with van der Waals surface area (Å²) >= 11 is 0. The molecule has 2 rings (SSSR count). The zero-order chi connectivity index (χ0) is 12.1. The molecule has 90 valence electrons. The Morgan fingerprint density at radius 2 is 2.00 bits per heavy atom. The van der Waals surface area contributed by atoms with Gasteiger partial charge in [-0.05, 0) is 5.56 Å². The third-order valence-corrected chi connectivity index (χ3v) is 2.89. The molecule has 1 aliphatic rings. The molecule has 1 fully saturated rings. The third-order valence-electron chi connectivity index (χ3n) is 2.89. The lowest BCUT2D eigenvalue weighted by atomic mass is 10.0. The number of hydrogen-bond acceptors (Lipinski definition) is 3. The number of aldehydes is 1. The van der Waals surface area contributed by atoms with Crippen LogP contribution in [-0.2, 0) is 16.0 Å². The van der Waals surface area contributed by atoms with Gasteiger partial charge in [-0.25, -0.2) is 0 Å². The first-order chi connectivity index (χ1) is 8.31. The molecule has 1 aromatic carbocycles. The Morgan fingerprint density at radius 3 is 2.71 bits per heavy atom. The third kappa shape index (κ3) is 2.91. The molecule has 0 radical (unpaired) electrons. The molecular weight excluding hydrogens is 218 g/mol. The number of amides is 1. The first kappa shape index (κ1) is 11.8. The summed E-state index contributed by atoms with van der Waals surface area (Å²) in [7, 11) is 0. The van der Waals surface area contributed by atoms with Gasteiger partial charge in [0.15, 0.2) is 0 Å². The fourth-order valence-corrected chi connectivity index (χ4v) is 1.90. The molecule has 0 unspecified atom stereocenters. The predicted molar refractivity (Wildman–Crippen MR) is 62.9 cm³/mol. The van der Waals surface area contributed by atoms with Crippen LogP contribution in [-0.4, -0.2) is 43.4 Å². The van der Waals surface area contributed by atoms with Gasteiger partial charge in [0.1, 0.15) is 6.29 Å². The van der Waals surface area contributed by atoms with Gasteiger partial charge in [0.05, 0.1) is 19.6 Å². The van der Waals surface area contributed by atoms with Crippen LogP contribution < -0.4 is 0 Å². The second-order valence-electron chi connectivity index (χ2n) is 3.99. The highest BCUT2D eigenvalue weighted by atomic mass is 16.5. The number of nitrogens with zero attached hydrogens (tertiary/aromatic N) is 1. The van der Waals surface area contributed by atoms with Crippen molar-refractivity contribution in [2.75, 3.05) is 26.3 Å². The van der Waals surface area contributed by atoms with Crippen molar-refractivity contribution in [1.29, 1.82) is 0 Å². The van der Waals surface area contributed by atoms with E-state index in [4.69, 9.17) is 4.74 Å². The standard InChI is InChI=1S/C13H15NO3/c15-10-12-4-2-1-3-11(12)9-13(16)14-5-7-17-8-6-14/h1-4,10H,5-9H2. The average molecular weight is 233 g/mol. The lowest BCUT2D eigenvalue weighted by molar-refractivity contribution is -0.134. The molecule has 4 nitrogen and oxygen atoms in total. The van der Waals surface area contributed by atoms with Crippen LogP contribution in [0.5, 0.6) is 0 Å². The molecule has 0 spiro atoms. The Balaban J connectivity index is 2.04. The minimum absolute atomic E-state index is 0.0580. The first-order valence-corrected chi connectivity index (χ1v) is 5.70. The van der Waals surface area contributed by atoms with Gasteiger partial charge in [-0.15, -0.1) is 0 Å². The summed E-state index contributed by atoms with van der Waals surface area (Å²) in [5, 5.41) is 0. The lowest BCUT2D eigenvalue weighted by Crippen LogP contribution is -2.41. The van der Waals surface area contributed by atoms with Gasteiger partial charge in [0.2, 0.25) is 5.91 Å². The molecule has 1 amide bonds. The first-order valence-electron chi connectivity index (χ1n) is 5.70. The van der Waals surface area contributed by atoms with E-state index < -0.39 is 0 Å². The molecule has 0 N–H and O–H groups in total. The van der Waals surface area contributed by atoms with Crippen molar-refractivity contribution in [2.45, 2.75) is 6.42 Å². The van der Waals surface area contributed by atoms with Gasteiger partial charge >= 0.3 is 0 Å². The lowest BCUT2D eigenvalue weighted by Gasteiger charge is -2.27. The SMILES string of the molecule is O=Cc1ccccc1CC(=O)N1CCOCC1. The van der Waals surface area contributed by atoms with E-state index in [-0.39, 0.29) is 12.3 Å². The Kier molecular flexibility index (Phi) is 3.88. The Bertz CT molecular complexity index is 411. The maximum Gasteiger partial charge on any atom is 0.227 e. The fourth-order valence-electron chi connectivity index (χ4n) is 1.90. The van der Waals surface area contributed by atoms with Crippen molar-refractivity contribution in [3.05, 3.63) is 35.4 Å². The van der Waals surface area contributed by atoms with Crippen LogP contribution in [0.15, 0.2) is 24.3 Å². The van der Waals surface area contributed by atoms with Crippen LogP contribution in [0.3, 0.4) is 0 Å². The minimum Gasteiger partial charge on any atom is -0.378 e. The molecule has 17 heavy (non-hydrogen) atoms. The summed E-state index contributed by atoms with van der Waals surface area (Å²) in [6, 6.07) is 7.19. The zero-order valence-electron chi connectivity index (χ0n) is 9.59. The molecule has 0 saturated carbocycles. The molecule has 0 aliphatic carbocycles. The van der Waals surface area contributed by atoms with E-state index in [0.29, 0.717) is 31.9 Å². The van der Waals surface area contributed by atoms with Crippen molar-refractivity contribution in [1.82, 2.24) is 4.90 Å². The van der Waals surface area contributed by atoms with Crippen LogP contribution in [0.4, 0.5) is 0 Å². The van der Waals surface area contributed by atoms with Gasteiger partial charge in [0, 0.05) is 18.7 Å². The van der Waals surface area contributed by atoms with Gasteiger partial charge in [-0.2, -0.15) is 0 Å². The van der Waals surface area contributed by atoms with E-state index in [0.717, 1.165) is 11.8 Å². The maximum absolute atomic E-state index is 12.0. The highest BCUT2D eigenvalue weighted by Crippen LogP contribution is 2.09. The van der Waals surface area contributed by atoms with Gasteiger partial charge in [0.25, 0.3) is 0 Å². The van der Waals surface area contributed by atoms with Gasteiger partial charge < -0.3 is 9.64 Å². The number of morpholine rings is 1. The smallest absolute Gasteiger partial charge is 0.227 e. The van der Waals surface area contributed by atoms with E-state index in [1.165, 1.54) is 0 Å². The van der Waals surface area contributed by atoms with Crippen LogP contribution >= 0.6 is 0 Å². The maximum atomic E-state index is 12.0. The summed E-state index contributed by atoms with van der Waals surface area (Å²) in [6.45, 7) is 2.48. The zero-order valence-corrected chi connectivity index (χ0v) is 9.59. The number of carbonyl (C=O) groups is 2. The quantitative estimate of drug-likeness (QED) is 0.729. The van der Waals surface area contributed by atoms with Crippen LogP contribution in [0, 0.1) is 0 Å². The van der Waals surface area contributed by atoms with Crippen molar-refractivity contribution in [3.63, 3.8) is 0 Å². The molecule has 1 heterocycles. The van der Waals surface area contributed by atoms with Crippen molar-refractivity contribution < 1.29 is 14.3 Å². The van der Waals surface area contributed by atoms with E-state index in [1.54, 1.807) is 17.0 Å². The number of ether oxygens (including phenoxy) is 1. The molecule has 0 atom stereocenters. The molecular formula is C13H15NO3. The average Bonchev–Trinajstić information content (AvgIpc) is 2.40. The van der Waals surface area contributed by atoms with Crippen LogP contribution in [0.25, 0.3) is 0 Å². The van der Waals surface area contributed by atoms with Crippen molar-refractivity contribution in [3.8, 4) is 0 Å². The topological polar surface area (TPSA) is 46.6 Å². The molecule has 1 aliphatic heterocycles. The summed E-state index contributed by atoms with van der Waals surface area (Å²) in [5.74, 6) is 0.0580. The summed E-state index contributed by atoms with van der Waals surface area (Å²) in [4.78, 5) is 24.6. The highest BCUT2D eigenvalue weighted by molar-refractivity contribution is 5.84. The second kappa shape index (κ2) is 5.59. The Hall–Kier alpha value is -1.68. The van der Waals surface area contributed by atoms with Crippen LogP contribution in [0.2, 0.25) is 0 Å². The molecule has 1 saturated heterocycles.